The lowest BCUT2D eigenvalue weighted by molar-refractivity contribution is -0.119. The highest BCUT2D eigenvalue weighted by atomic mass is 32.2. The van der Waals surface area contributed by atoms with Gasteiger partial charge in [0.05, 0.1) is 0 Å². The van der Waals surface area contributed by atoms with Crippen molar-refractivity contribution in [3.05, 3.63) is 58.7 Å². The van der Waals surface area contributed by atoms with E-state index in [0.29, 0.717) is 0 Å². The van der Waals surface area contributed by atoms with Crippen molar-refractivity contribution in [3.63, 3.8) is 0 Å². The zero-order valence-electron chi connectivity index (χ0n) is 14.2. The van der Waals surface area contributed by atoms with E-state index in [1.54, 1.807) is 0 Å². The molecule has 2 atom stereocenters. The zero-order valence-corrected chi connectivity index (χ0v) is 15.0. The minimum Gasteiger partial charge on any atom is -0.457 e. The second-order valence-corrected chi connectivity index (χ2v) is 7.86. The molecular formula is C20H19NO3S. The Bertz CT molecular complexity index is 857. The van der Waals surface area contributed by atoms with Crippen LogP contribution < -0.4 is 10.1 Å². The first-order valence-corrected chi connectivity index (χ1v) is 9.28. The molecule has 1 aliphatic carbocycles. The summed E-state index contributed by atoms with van der Waals surface area (Å²) in [6.07, 6.45) is 1.79. The summed E-state index contributed by atoms with van der Waals surface area (Å²) in [7, 11) is 0. The van der Waals surface area contributed by atoms with Crippen molar-refractivity contribution in [3.8, 4) is 11.5 Å². The monoisotopic (exact) mass is 353 g/mol. The molecular weight excluding hydrogens is 334 g/mol. The first kappa shape index (κ1) is 16.2. The van der Waals surface area contributed by atoms with E-state index in [2.05, 4.69) is 31.3 Å². The number of ether oxygens (including phenoxy) is 1. The minimum absolute atomic E-state index is 0.0988. The Hall–Kier alpha value is -2.27. The quantitative estimate of drug-likeness (QED) is 0.884. The van der Waals surface area contributed by atoms with Gasteiger partial charge in [0, 0.05) is 5.92 Å². The number of fused-ring (bicyclic) bond motifs is 1. The van der Waals surface area contributed by atoms with Crippen molar-refractivity contribution in [2.75, 3.05) is 0 Å². The third kappa shape index (κ3) is 3.16. The molecule has 5 heteroatoms. The summed E-state index contributed by atoms with van der Waals surface area (Å²) in [5.74, 6) is 1.58. The van der Waals surface area contributed by atoms with Crippen LogP contribution in [0.2, 0.25) is 0 Å². The summed E-state index contributed by atoms with van der Waals surface area (Å²) in [4.78, 5) is 23.4. The van der Waals surface area contributed by atoms with Crippen LogP contribution >= 0.6 is 11.8 Å². The first-order chi connectivity index (χ1) is 12.0. The molecule has 1 fully saturated rings. The number of aryl methyl sites for hydroxylation is 3. The largest absolute Gasteiger partial charge is 0.457 e. The number of benzene rings is 2. The van der Waals surface area contributed by atoms with Crippen molar-refractivity contribution < 1.29 is 14.3 Å². The number of hydrogen-bond acceptors (Lipinski definition) is 4. The summed E-state index contributed by atoms with van der Waals surface area (Å²) in [6, 6.07) is 12.2. The lowest BCUT2D eigenvalue weighted by Crippen LogP contribution is -2.27. The van der Waals surface area contributed by atoms with Crippen LogP contribution in [-0.2, 0) is 11.2 Å². The third-order valence-electron chi connectivity index (χ3n) is 4.75. The lowest BCUT2D eigenvalue weighted by atomic mass is 9.97. The van der Waals surface area contributed by atoms with Crippen LogP contribution in [0.5, 0.6) is 11.5 Å². The number of nitrogens with one attached hydrogen (secondary N) is 1. The molecule has 2 amide bonds. The van der Waals surface area contributed by atoms with Crippen LogP contribution in [0.15, 0.2) is 36.4 Å². The maximum Gasteiger partial charge on any atom is 0.286 e. The van der Waals surface area contributed by atoms with Gasteiger partial charge in [-0.25, -0.2) is 0 Å². The maximum atomic E-state index is 12.0. The Kier molecular flexibility index (Phi) is 4.04. The van der Waals surface area contributed by atoms with Crippen molar-refractivity contribution in [1.82, 2.24) is 5.32 Å². The van der Waals surface area contributed by atoms with Crippen LogP contribution in [-0.4, -0.2) is 16.4 Å². The van der Waals surface area contributed by atoms with Gasteiger partial charge >= 0.3 is 0 Å². The van der Waals surface area contributed by atoms with E-state index in [1.165, 1.54) is 16.7 Å². The van der Waals surface area contributed by atoms with Crippen LogP contribution in [0, 0.1) is 13.8 Å². The number of carbonyl (C=O) groups excluding carboxylic acids is 2. The van der Waals surface area contributed by atoms with E-state index in [1.807, 2.05) is 24.3 Å². The van der Waals surface area contributed by atoms with E-state index in [4.69, 9.17) is 4.74 Å². The number of imide groups is 1. The predicted octanol–water partition coefficient (Wildman–Crippen LogP) is 4.48. The average molecular weight is 353 g/mol. The number of thioether (sulfide) groups is 1. The highest BCUT2D eigenvalue weighted by molar-refractivity contribution is 8.15. The SMILES string of the molecule is Cc1cc(C)cc(Oc2ccc3c(c2)CCC3C2SC(=O)NC2=O)c1. The summed E-state index contributed by atoms with van der Waals surface area (Å²) in [5, 5.41) is 1.85. The van der Waals surface area contributed by atoms with Gasteiger partial charge < -0.3 is 4.74 Å². The zero-order chi connectivity index (χ0) is 17.6. The van der Waals surface area contributed by atoms with E-state index in [-0.39, 0.29) is 22.3 Å². The average Bonchev–Trinajstić information content (AvgIpc) is 3.08. The van der Waals surface area contributed by atoms with Gasteiger partial charge in [-0.1, -0.05) is 23.9 Å². The molecule has 0 saturated carbocycles. The molecule has 1 aliphatic heterocycles. The van der Waals surface area contributed by atoms with Crippen LogP contribution in [0.3, 0.4) is 0 Å². The second-order valence-electron chi connectivity index (χ2n) is 6.75. The highest BCUT2D eigenvalue weighted by Crippen LogP contribution is 2.43. The van der Waals surface area contributed by atoms with E-state index in [9.17, 15) is 9.59 Å². The fourth-order valence-electron chi connectivity index (χ4n) is 3.77. The molecule has 0 bridgehead atoms. The van der Waals surface area contributed by atoms with Crippen LogP contribution in [0.4, 0.5) is 4.79 Å². The fraction of sp³-hybridized carbons (Fsp3) is 0.300. The molecule has 2 aromatic carbocycles. The molecule has 128 valence electrons. The molecule has 4 nitrogen and oxygen atoms in total. The summed E-state index contributed by atoms with van der Waals surface area (Å²) in [6.45, 7) is 4.11. The van der Waals surface area contributed by atoms with E-state index < -0.39 is 0 Å². The van der Waals surface area contributed by atoms with Crippen LogP contribution in [0.25, 0.3) is 0 Å². The van der Waals surface area contributed by atoms with Gasteiger partial charge in [-0.2, -0.15) is 0 Å². The minimum atomic E-state index is -0.306. The van der Waals surface area contributed by atoms with Gasteiger partial charge in [0.1, 0.15) is 16.7 Å². The summed E-state index contributed by atoms with van der Waals surface area (Å²) in [5.41, 5.74) is 4.71. The molecule has 0 aromatic heterocycles. The van der Waals surface area contributed by atoms with Gasteiger partial charge in [0.15, 0.2) is 0 Å². The number of amides is 2. The molecule has 25 heavy (non-hydrogen) atoms. The van der Waals surface area contributed by atoms with Gasteiger partial charge in [0.2, 0.25) is 5.91 Å². The van der Waals surface area contributed by atoms with E-state index >= 15 is 0 Å². The Labute approximate surface area is 151 Å². The Balaban J connectivity index is 1.57. The third-order valence-corrected chi connectivity index (χ3v) is 5.87. The van der Waals surface area contributed by atoms with Crippen LogP contribution in [0.1, 0.15) is 34.6 Å². The van der Waals surface area contributed by atoms with Gasteiger partial charge in [0.25, 0.3) is 5.24 Å². The van der Waals surface area contributed by atoms with Crippen molar-refractivity contribution in [2.24, 2.45) is 0 Å². The molecule has 0 spiro atoms. The van der Waals surface area contributed by atoms with Crippen molar-refractivity contribution >= 4 is 22.9 Å². The molecule has 1 saturated heterocycles. The second kappa shape index (κ2) is 6.23. The molecule has 1 N–H and O–H groups in total. The number of rotatable bonds is 3. The smallest absolute Gasteiger partial charge is 0.286 e. The normalized spacial score (nSPS) is 22.0. The van der Waals surface area contributed by atoms with Crippen molar-refractivity contribution in [1.29, 1.82) is 0 Å². The molecule has 2 aromatic rings. The predicted molar refractivity (Wildman–Crippen MR) is 98.4 cm³/mol. The molecule has 2 unspecified atom stereocenters. The highest BCUT2D eigenvalue weighted by Gasteiger charge is 2.41. The lowest BCUT2D eigenvalue weighted by Gasteiger charge is -2.16. The Morgan fingerprint density at radius 2 is 1.80 bits per heavy atom. The standard InChI is InChI=1S/C20H19NO3S/c1-11-7-12(2)9-15(8-11)24-14-4-6-16-13(10-14)3-5-17(16)18-19(22)21-20(23)25-18/h4,6-10,17-18H,3,5H2,1-2H3,(H,21,22,23). The number of carbonyl (C=O) groups is 2. The molecule has 2 aliphatic rings. The van der Waals surface area contributed by atoms with Gasteiger partial charge in [-0.3, -0.25) is 14.9 Å². The Morgan fingerprint density at radius 3 is 2.48 bits per heavy atom. The van der Waals surface area contributed by atoms with E-state index in [0.717, 1.165) is 41.7 Å². The maximum absolute atomic E-state index is 12.0. The molecule has 4 rings (SSSR count). The summed E-state index contributed by atoms with van der Waals surface area (Å²) >= 11 is 1.11. The topological polar surface area (TPSA) is 55.4 Å². The fourth-order valence-corrected chi connectivity index (χ4v) is 4.77. The van der Waals surface area contributed by atoms with Crippen molar-refractivity contribution in [2.45, 2.75) is 37.9 Å². The van der Waals surface area contributed by atoms with Gasteiger partial charge in [-0.15, -0.1) is 0 Å². The number of hydrogen-bond donors (Lipinski definition) is 1. The Morgan fingerprint density at radius 1 is 1.04 bits per heavy atom. The molecule has 1 heterocycles. The summed E-state index contributed by atoms with van der Waals surface area (Å²) < 4.78 is 6.03. The molecule has 0 radical (unpaired) electrons. The first-order valence-electron chi connectivity index (χ1n) is 8.40. The van der Waals surface area contributed by atoms with Gasteiger partial charge in [-0.05, 0) is 73.2 Å².